The third kappa shape index (κ3) is 3.17. The molecule has 0 saturated heterocycles. The van der Waals surface area contributed by atoms with Gasteiger partial charge in [-0.25, -0.2) is 4.98 Å². The number of hydrogen-bond donors (Lipinski definition) is 1. The monoisotopic (exact) mass is 294 g/mol. The molecule has 2 aromatic carbocycles. The number of benzene rings is 2. The molecule has 3 aromatic rings. The first-order valence-corrected chi connectivity index (χ1v) is 7.49. The van der Waals surface area contributed by atoms with Gasteiger partial charge in [0.1, 0.15) is 5.01 Å². The summed E-state index contributed by atoms with van der Waals surface area (Å²) in [5.74, 6) is -0.0729. The summed E-state index contributed by atoms with van der Waals surface area (Å²) in [7, 11) is 0. The van der Waals surface area contributed by atoms with Gasteiger partial charge in [-0.05, 0) is 12.1 Å². The Hall–Kier alpha value is -2.46. The number of nitrogens with one attached hydrogen (secondary N) is 1. The highest BCUT2D eigenvalue weighted by molar-refractivity contribution is 7.13. The molecular formula is C17H14N2OS. The van der Waals surface area contributed by atoms with Crippen LogP contribution in [-0.2, 0) is 4.79 Å². The Kier molecular flexibility index (Phi) is 3.79. The number of carbonyl (C=O) groups is 1. The molecule has 1 heterocycles. The molecule has 4 heteroatoms. The van der Waals surface area contributed by atoms with Crippen LogP contribution in [0.5, 0.6) is 0 Å². The average Bonchev–Trinajstić information content (AvgIpc) is 2.98. The Labute approximate surface area is 127 Å². The molecule has 0 radical (unpaired) electrons. The van der Waals surface area contributed by atoms with E-state index >= 15 is 0 Å². The molecular weight excluding hydrogens is 280 g/mol. The van der Waals surface area contributed by atoms with E-state index in [9.17, 15) is 4.79 Å². The quantitative estimate of drug-likeness (QED) is 0.776. The molecule has 21 heavy (non-hydrogen) atoms. The molecule has 0 saturated carbocycles. The minimum atomic E-state index is -0.0729. The Morgan fingerprint density at radius 3 is 2.57 bits per heavy atom. The predicted molar refractivity (Wildman–Crippen MR) is 87.3 cm³/mol. The second-order valence-corrected chi connectivity index (χ2v) is 5.52. The third-order valence-electron chi connectivity index (χ3n) is 3.00. The van der Waals surface area contributed by atoms with E-state index in [4.69, 9.17) is 0 Å². The van der Waals surface area contributed by atoms with Gasteiger partial charge in [0.2, 0.25) is 5.91 Å². The highest BCUT2D eigenvalue weighted by Gasteiger charge is 2.07. The molecule has 0 aliphatic rings. The van der Waals surface area contributed by atoms with Crippen molar-refractivity contribution in [1.82, 2.24) is 4.98 Å². The fraction of sp³-hybridized carbons (Fsp3) is 0.0588. The average molecular weight is 294 g/mol. The Balaban J connectivity index is 1.91. The lowest BCUT2D eigenvalue weighted by Crippen LogP contribution is -2.05. The van der Waals surface area contributed by atoms with Crippen LogP contribution >= 0.6 is 11.3 Å². The van der Waals surface area contributed by atoms with Crippen LogP contribution in [0.25, 0.3) is 21.8 Å². The van der Waals surface area contributed by atoms with E-state index < -0.39 is 0 Å². The summed E-state index contributed by atoms with van der Waals surface area (Å²) >= 11 is 1.60. The lowest BCUT2D eigenvalue weighted by Gasteiger charge is -2.03. The molecule has 3 nitrogen and oxygen atoms in total. The van der Waals surface area contributed by atoms with Crippen molar-refractivity contribution in [1.29, 1.82) is 0 Å². The molecule has 3 rings (SSSR count). The van der Waals surface area contributed by atoms with Crippen molar-refractivity contribution in [2.75, 3.05) is 5.32 Å². The van der Waals surface area contributed by atoms with Gasteiger partial charge in [-0.15, -0.1) is 11.3 Å². The van der Waals surface area contributed by atoms with E-state index in [2.05, 4.69) is 15.7 Å². The molecule has 0 unspecified atom stereocenters. The Bertz CT molecular complexity index is 765. The van der Waals surface area contributed by atoms with Gasteiger partial charge in [-0.2, -0.15) is 0 Å². The van der Waals surface area contributed by atoms with Crippen molar-refractivity contribution in [2.45, 2.75) is 6.92 Å². The maximum absolute atomic E-state index is 11.1. The largest absolute Gasteiger partial charge is 0.326 e. The van der Waals surface area contributed by atoms with E-state index in [0.29, 0.717) is 0 Å². The van der Waals surface area contributed by atoms with Crippen LogP contribution in [0.1, 0.15) is 6.92 Å². The van der Waals surface area contributed by atoms with Crippen LogP contribution in [0.3, 0.4) is 0 Å². The molecule has 0 atom stereocenters. The number of anilines is 1. The van der Waals surface area contributed by atoms with E-state index in [-0.39, 0.29) is 5.91 Å². The van der Waals surface area contributed by atoms with Gasteiger partial charge in [0.05, 0.1) is 5.69 Å². The maximum atomic E-state index is 11.1. The van der Waals surface area contributed by atoms with Crippen molar-refractivity contribution < 1.29 is 4.79 Å². The number of aromatic nitrogens is 1. The number of thiazole rings is 1. The van der Waals surface area contributed by atoms with E-state index in [1.807, 2.05) is 54.6 Å². The molecule has 0 spiro atoms. The van der Waals surface area contributed by atoms with Crippen molar-refractivity contribution in [3.05, 3.63) is 60.0 Å². The summed E-state index contributed by atoms with van der Waals surface area (Å²) in [6, 6.07) is 17.8. The first-order chi connectivity index (χ1) is 10.2. The Morgan fingerprint density at radius 1 is 1.05 bits per heavy atom. The Morgan fingerprint density at radius 2 is 1.81 bits per heavy atom. The molecule has 0 fully saturated rings. The first kappa shape index (κ1) is 13.5. The first-order valence-electron chi connectivity index (χ1n) is 6.61. The van der Waals surface area contributed by atoms with Crippen molar-refractivity contribution in [3.8, 4) is 21.8 Å². The maximum Gasteiger partial charge on any atom is 0.221 e. The number of carbonyl (C=O) groups excluding carboxylic acids is 1. The third-order valence-corrected chi connectivity index (χ3v) is 3.89. The number of hydrogen-bond acceptors (Lipinski definition) is 3. The molecule has 1 amide bonds. The standard InChI is InChI=1S/C17H14N2OS/c1-12(20)18-15-9-5-8-14(10-15)17-19-16(11-21-17)13-6-3-2-4-7-13/h2-11H,1H3,(H,18,20). The summed E-state index contributed by atoms with van der Waals surface area (Å²) in [6.45, 7) is 1.50. The van der Waals surface area contributed by atoms with E-state index in [1.54, 1.807) is 11.3 Å². The second kappa shape index (κ2) is 5.89. The summed E-state index contributed by atoms with van der Waals surface area (Å²) in [5.41, 5.74) is 3.88. The van der Waals surface area contributed by atoms with Gasteiger partial charge in [0.25, 0.3) is 0 Å². The molecule has 0 aliphatic carbocycles. The highest BCUT2D eigenvalue weighted by Crippen LogP contribution is 2.30. The van der Waals surface area contributed by atoms with Gasteiger partial charge >= 0.3 is 0 Å². The lowest BCUT2D eigenvalue weighted by molar-refractivity contribution is -0.114. The normalized spacial score (nSPS) is 10.3. The molecule has 104 valence electrons. The number of nitrogens with zero attached hydrogens (tertiary/aromatic N) is 1. The topological polar surface area (TPSA) is 42.0 Å². The number of rotatable bonds is 3. The minimum absolute atomic E-state index is 0.0729. The van der Waals surface area contributed by atoms with Crippen LogP contribution in [0.2, 0.25) is 0 Å². The van der Waals surface area contributed by atoms with Gasteiger partial charge in [0.15, 0.2) is 0 Å². The molecule has 1 aromatic heterocycles. The van der Waals surface area contributed by atoms with Crippen molar-refractivity contribution in [3.63, 3.8) is 0 Å². The smallest absolute Gasteiger partial charge is 0.221 e. The SMILES string of the molecule is CC(=O)Nc1cccc(-c2nc(-c3ccccc3)cs2)c1. The van der Waals surface area contributed by atoms with Gasteiger partial charge in [-0.1, -0.05) is 42.5 Å². The van der Waals surface area contributed by atoms with Crippen molar-refractivity contribution in [2.24, 2.45) is 0 Å². The van der Waals surface area contributed by atoms with Crippen LogP contribution in [0.4, 0.5) is 5.69 Å². The zero-order valence-corrected chi connectivity index (χ0v) is 12.4. The predicted octanol–water partition coefficient (Wildman–Crippen LogP) is 4.44. The van der Waals surface area contributed by atoms with Gasteiger partial charge in [-0.3, -0.25) is 4.79 Å². The summed E-state index contributed by atoms with van der Waals surface area (Å²) in [5, 5.41) is 5.79. The van der Waals surface area contributed by atoms with Crippen LogP contribution in [0.15, 0.2) is 60.0 Å². The fourth-order valence-electron chi connectivity index (χ4n) is 2.08. The van der Waals surface area contributed by atoms with E-state index in [0.717, 1.165) is 27.5 Å². The van der Waals surface area contributed by atoms with Crippen LogP contribution in [-0.4, -0.2) is 10.9 Å². The zero-order chi connectivity index (χ0) is 14.7. The second-order valence-electron chi connectivity index (χ2n) is 4.67. The van der Waals surface area contributed by atoms with Crippen molar-refractivity contribution >= 4 is 22.9 Å². The minimum Gasteiger partial charge on any atom is -0.326 e. The van der Waals surface area contributed by atoms with Gasteiger partial charge in [0, 0.05) is 29.1 Å². The summed E-state index contributed by atoms with van der Waals surface area (Å²) in [6.07, 6.45) is 0. The summed E-state index contributed by atoms with van der Waals surface area (Å²) in [4.78, 5) is 15.8. The number of amides is 1. The molecule has 0 bridgehead atoms. The summed E-state index contributed by atoms with van der Waals surface area (Å²) < 4.78 is 0. The zero-order valence-electron chi connectivity index (χ0n) is 11.5. The van der Waals surface area contributed by atoms with E-state index in [1.165, 1.54) is 6.92 Å². The molecule has 0 aliphatic heterocycles. The van der Waals surface area contributed by atoms with Crippen LogP contribution in [0, 0.1) is 0 Å². The highest BCUT2D eigenvalue weighted by atomic mass is 32.1. The van der Waals surface area contributed by atoms with Crippen LogP contribution < -0.4 is 5.32 Å². The lowest BCUT2D eigenvalue weighted by atomic mass is 10.2. The fourth-order valence-corrected chi connectivity index (χ4v) is 2.91. The molecule has 1 N–H and O–H groups in total. The van der Waals surface area contributed by atoms with Gasteiger partial charge < -0.3 is 5.32 Å².